The van der Waals surface area contributed by atoms with Gasteiger partial charge in [-0.2, -0.15) is 0 Å². The number of aromatic nitrogens is 1. The van der Waals surface area contributed by atoms with E-state index in [-0.39, 0.29) is 49.1 Å². The molecule has 1 unspecified atom stereocenters. The van der Waals surface area contributed by atoms with E-state index in [1.165, 1.54) is 12.1 Å². The first-order valence-electron chi connectivity index (χ1n) is 7.42. The Labute approximate surface area is 159 Å². The van der Waals surface area contributed by atoms with Crippen molar-refractivity contribution in [3.8, 4) is 5.75 Å². The number of hydrogen-bond acceptors (Lipinski definition) is 4. The topological polar surface area (TPSA) is 77.2 Å². The first-order valence-corrected chi connectivity index (χ1v) is 7.42. The van der Waals surface area contributed by atoms with Crippen LogP contribution in [-0.2, 0) is 11.4 Å². The van der Waals surface area contributed by atoms with E-state index >= 15 is 0 Å². The summed E-state index contributed by atoms with van der Waals surface area (Å²) in [5.74, 6) is -0.612. The molecule has 2 rings (SSSR count). The lowest BCUT2D eigenvalue weighted by atomic mass is 10.2. The Morgan fingerprint density at radius 3 is 2.68 bits per heavy atom. The number of rotatable bonds is 7. The summed E-state index contributed by atoms with van der Waals surface area (Å²) in [7, 11) is 0. The van der Waals surface area contributed by atoms with Crippen LogP contribution in [0.2, 0.25) is 0 Å². The number of anilines is 1. The predicted octanol–water partition coefficient (Wildman–Crippen LogP) is 3.71. The largest absolute Gasteiger partial charge is 0.484 e. The molecule has 0 aliphatic carbocycles. The minimum Gasteiger partial charge on any atom is -0.484 e. The highest BCUT2D eigenvalue weighted by Crippen LogP contribution is 2.22. The number of carbonyl (C=O) groups excluding carboxylic acids is 1. The van der Waals surface area contributed by atoms with E-state index in [1.54, 1.807) is 24.4 Å². The molecule has 1 amide bonds. The van der Waals surface area contributed by atoms with Gasteiger partial charge in [-0.1, -0.05) is 6.07 Å². The molecule has 1 aromatic heterocycles. The van der Waals surface area contributed by atoms with Gasteiger partial charge in [-0.3, -0.25) is 9.78 Å². The minimum atomic E-state index is -0.536. The van der Waals surface area contributed by atoms with Crippen LogP contribution in [0.5, 0.6) is 5.75 Å². The molecule has 25 heavy (non-hydrogen) atoms. The molecule has 0 fully saturated rings. The molecule has 138 valence electrons. The van der Waals surface area contributed by atoms with E-state index in [2.05, 4.69) is 10.3 Å². The fourth-order valence-electron chi connectivity index (χ4n) is 1.91. The molecule has 0 aliphatic heterocycles. The summed E-state index contributed by atoms with van der Waals surface area (Å²) in [5.41, 5.74) is 6.70. The third kappa shape index (κ3) is 8.16. The van der Waals surface area contributed by atoms with Crippen molar-refractivity contribution in [2.24, 2.45) is 5.73 Å². The van der Waals surface area contributed by atoms with Crippen molar-refractivity contribution < 1.29 is 13.9 Å². The van der Waals surface area contributed by atoms with Crippen LogP contribution in [0, 0.1) is 5.82 Å². The van der Waals surface area contributed by atoms with Crippen molar-refractivity contribution >= 4 is 36.4 Å². The van der Waals surface area contributed by atoms with E-state index in [9.17, 15) is 9.18 Å². The van der Waals surface area contributed by atoms with Crippen LogP contribution >= 0.6 is 24.8 Å². The van der Waals surface area contributed by atoms with Crippen molar-refractivity contribution in [3.05, 3.63) is 54.1 Å². The molecule has 0 aliphatic rings. The van der Waals surface area contributed by atoms with Gasteiger partial charge in [0, 0.05) is 30.4 Å². The van der Waals surface area contributed by atoms with E-state index in [4.69, 9.17) is 10.5 Å². The van der Waals surface area contributed by atoms with Gasteiger partial charge in [-0.05, 0) is 37.6 Å². The van der Waals surface area contributed by atoms with Crippen molar-refractivity contribution in [2.75, 3.05) is 5.32 Å². The maximum absolute atomic E-state index is 14.0. The third-order valence-corrected chi connectivity index (χ3v) is 3.14. The predicted molar refractivity (Wildman–Crippen MR) is 101 cm³/mol. The van der Waals surface area contributed by atoms with Gasteiger partial charge in [0.1, 0.15) is 6.61 Å². The van der Waals surface area contributed by atoms with Crippen LogP contribution in [0.1, 0.15) is 25.5 Å². The SMILES string of the molecule is CC(N)CCC(=O)Nc1ccc(OCc2ccccn2)c(F)c1.Cl.Cl. The fourth-order valence-corrected chi connectivity index (χ4v) is 1.91. The van der Waals surface area contributed by atoms with Gasteiger partial charge in [0.25, 0.3) is 0 Å². The van der Waals surface area contributed by atoms with E-state index < -0.39 is 5.82 Å². The third-order valence-electron chi connectivity index (χ3n) is 3.14. The number of nitrogens with zero attached hydrogens (tertiary/aromatic N) is 1. The van der Waals surface area contributed by atoms with E-state index in [1.807, 2.05) is 13.0 Å². The number of nitrogens with one attached hydrogen (secondary N) is 1. The zero-order chi connectivity index (χ0) is 16.7. The lowest BCUT2D eigenvalue weighted by Gasteiger charge is -2.10. The van der Waals surface area contributed by atoms with Crippen LogP contribution < -0.4 is 15.8 Å². The molecule has 0 bridgehead atoms. The van der Waals surface area contributed by atoms with Crippen LogP contribution in [0.15, 0.2) is 42.6 Å². The van der Waals surface area contributed by atoms with Gasteiger partial charge in [0.2, 0.25) is 5.91 Å². The number of carbonyl (C=O) groups is 1. The maximum Gasteiger partial charge on any atom is 0.224 e. The highest BCUT2D eigenvalue weighted by molar-refractivity contribution is 5.90. The lowest BCUT2D eigenvalue weighted by Crippen LogP contribution is -2.19. The van der Waals surface area contributed by atoms with Gasteiger partial charge >= 0.3 is 0 Å². The summed E-state index contributed by atoms with van der Waals surface area (Å²) in [5, 5.41) is 2.64. The average molecular weight is 390 g/mol. The molecule has 1 atom stereocenters. The van der Waals surface area contributed by atoms with Crippen LogP contribution in [0.25, 0.3) is 0 Å². The quantitative estimate of drug-likeness (QED) is 0.756. The molecular weight excluding hydrogens is 368 g/mol. The van der Waals surface area contributed by atoms with E-state index in [0.717, 1.165) is 0 Å². The Morgan fingerprint density at radius 2 is 2.08 bits per heavy atom. The summed E-state index contributed by atoms with van der Waals surface area (Å²) in [6.07, 6.45) is 2.53. The van der Waals surface area contributed by atoms with Gasteiger partial charge in [0.15, 0.2) is 11.6 Å². The van der Waals surface area contributed by atoms with Crippen molar-refractivity contribution in [2.45, 2.75) is 32.4 Å². The first kappa shape index (κ1) is 23.1. The Kier molecular flexibility index (Phi) is 10.7. The molecule has 1 aromatic carbocycles. The summed E-state index contributed by atoms with van der Waals surface area (Å²) in [6.45, 7) is 2.01. The Balaban J connectivity index is 0.00000288. The molecule has 0 saturated heterocycles. The second-order valence-electron chi connectivity index (χ2n) is 5.32. The highest BCUT2D eigenvalue weighted by atomic mass is 35.5. The number of hydrogen-bond donors (Lipinski definition) is 2. The number of amides is 1. The number of pyridine rings is 1. The number of halogens is 3. The second kappa shape index (κ2) is 11.6. The van der Waals surface area contributed by atoms with Gasteiger partial charge < -0.3 is 15.8 Å². The Hall–Kier alpha value is -1.89. The molecule has 1 heterocycles. The normalized spacial score (nSPS) is 10.8. The molecule has 5 nitrogen and oxygen atoms in total. The molecule has 0 spiro atoms. The van der Waals surface area contributed by atoms with Gasteiger partial charge in [-0.15, -0.1) is 24.8 Å². The Bertz CT molecular complexity index is 658. The zero-order valence-corrected chi connectivity index (χ0v) is 15.4. The fraction of sp³-hybridized carbons (Fsp3) is 0.294. The summed E-state index contributed by atoms with van der Waals surface area (Å²) >= 11 is 0. The smallest absolute Gasteiger partial charge is 0.224 e. The standard InChI is InChI=1S/C17H20FN3O2.2ClH/c1-12(19)5-8-17(22)21-13-6-7-16(15(18)10-13)23-11-14-4-2-3-9-20-14;;/h2-4,6-7,9-10,12H,5,8,11,19H2,1H3,(H,21,22);2*1H. The van der Waals surface area contributed by atoms with Crippen LogP contribution in [0.3, 0.4) is 0 Å². The number of nitrogens with two attached hydrogens (primary N) is 1. The summed E-state index contributed by atoms with van der Waals surface area (Å²) in [6, 6.07) is 9.71. The number of ether oxygens (including phenoxy) is 1. The molecule has 2 aromatic rings. The van der Waals surface area contributed by atoms with Crippen molar-refractivity contribution in [3.63, 3.8) is 0 Å². The summed E-state index contributed by atoms with van der Waals surface area (Å²) in [4.78, 5) is 15.8. The highest BCUT2D eigenvalue weighted by Gasteiger charge is 2.08. The van der Waals surface area contributed by atoms with E-state index in [0.29, 0.717) is 24.2 Å². The van der Waals surface area contributed by atoms with Crippen molar-refractivity contribution in [1.82, 2.24) is 4.98 Å². The average Bonchev–Trinajstić information content (AvgIpc) is 2.53. The van der Waals surface area contributed by atoms with Gasteiger partial charge in [-0.25, -0.2) is 4.39 Å². The molecule has 3 N–H and O–H groups in total. The Morgan fingerprint density at radius 1 is 1.32 bits per heavy atom. The maximum atomic E-state index is 14.0. The van der Waals surface area contributed by atoms with Gasteiger partial charge in [0.05, 0.1) is 5.69 Å². The van der Waals surface area contributed by atoms with Crippen molar-refractivity contribution in [1.29, 1.82) is 0 Å². The second-order valence-corrected chi connectivity index (χ2v) is 5.32. The molecule has 0 radical (unpaired) electrons. The molecule has 0 saturated carbocycles. The summed E-state index contributed by atoms with van der Waals surface area (Å²) < 4.78 is 19.4. The minimum absolute atomic E-state index is 0. The lowest BCUT2D eigenvalue weighted by molar-refractivity contribution is -0.116. The number of benzene rings is 1. The monoisotopic (exact) mass is 389 g/mol. The first-order chi connectivity index (χ1) is 11.0. The zero-order valence-electron chi connectivity index (χ0n) is 13.8. The van der Waals surface area contributed by atoms with Crippen LogP contribution in [0.4, 0.5) is 10.1 Å². The molecule has 8 heteroatoms. The van der Waals surface area contributed by atoms with Crippen LogP contribution in [-0.4, -0.2) is 16.9 Å². The molecular formula is C17H22Cl2FN3O2.